The van der Waals surface area contributed by atoms with E-state index in [2.05, 4.69) is 10.6 Å². The number of carbonyl (C=O) groups excluding carboxylic acids is 4. The van der Waals surface area contributed by atoms with Crippen LogP contribution in [0.4, 0.5) is 11.4 Å². The van der Waals surface area contributed by atoms with E-state index in [4.69, 9.17) is 0 Å². The third kappa shape index (κ3) is 4.12. The molecule has 0 heterocycles. The van der Waals surface area contributed by atoms with Gasteiger partial charge in [0, 0.05) is 35.5 Å². The van der Waals surface area contributed by atoms with Crippen molar-refractivity contribution in [1.29, 1.82) is 0 Å². The highest BCUT2D eigenvalue weighted by Gasteiger charge is 2.42. The molecule has 0 aliphatic heterocycles. The zero-order chi connectivity index (χ0) is 22.2. The molecule has 4 fully saturated rings. The van der Waals surface area contributed by atoms with Crippen molar-refractivity contribution in [2.45, 2.75) is 64.2 Å². The van der Waals surface area contributed by atoms with Gasteiger partial charge >= 0.3 is 0 Å². The van der Waals surface area contributed by atoms with Crippen LogP contribution in [0, 0.1) is 35.5 Å². The number of Topliss-reactive ketones (excluding diaryl/α,β-unsaturated/α-hetero) is 2. The molecule has 0 saturated heterocycles. The maximum atomic E-state index is 13.0. The fourth-order valence-electron chi connectivity index (χ4n) is 6.56. The third-order valence-electron chi connectivity index (χ3n) is 8.28. The molecule has 4 aliphatic carbocycles. The molecule has 2 amide bonds. The van der Waals surface area contributed by atoms with Crippen LogP contribution in [0.2, 0.25) is 0 Å². The Balaban J connectivity index is 1.24. The van der Waals surface area contributed by atoms with Gasteiger partial charge in [-0.1, -0.05) is 25.0 Å². The van der Waals surface area contributed by atoms with E-state index in [0.29, 0.717) is 48.6 Å². The summed E-state index contributed by atoms with van der Waals surface area (Å²) in [5.74, 6) is 0.382. The van der Waals surface area contributed by atoms with Crippen LogP contribution in [-0.2, 0) is 19.2 Å². The van der Waals surface area contributed by atoms with Crippen LogP contribution >= 0.6 is 0 Å². The number of benzene rings is 1. The van der Waals surface area contributed by atoms with Crippen LogP contribution in [0.3, 0.4) is 0 Å². The number of rotatable bonds is 4. The van der Waals surface area contributed by atoms with Crippen molar-refractivity contribution in [2.75, 3.05) is 10.6 Å². The predicted molar refractivity (Wildman–Crippen MR) is 121 cm³/mol. The third-order valence-corrected chi connectivity index (χ3v) is 8.28. The largest absolute Gasteiger partial charge is 0.324 e. The molecule has 4 unspecified atom stereocenters. The number of carbonyl (C=O) groups is 4. The summed E-state index contributed by atoms with van der Waals surface area (Å²) >= 11 is 0. The lowest BCUT2D eigenvalue weighted by atomic mass is 9.67. The van der Waals surface area contributed by atoms with Crippen LogP contribution < -0.4 is 10.6 Å². The first kappa shape index (κ1) is 21.4. The Kier molecular flexibility index (Phi) is 5.87. The van der Waals surface area contributed by atoms with Gasteiger partial charge < -0.3 is 10.6 Å². The minimum absolute atomic E-state index is 0.0293. The first-order valence-electron chi connectivity index (χ1n) is 12.3. The highest BCUT2D eigenvalue weighted by Crippen LogP contribution is 2.42. The van der Waals surface area contributed by atoms with Gasteiger partial charge in [0.1, 0.15) is 11.6 Å². The predicted octanol–water partition coefficient (Wildman–Crippen LogP) is 4.35. The normalized spacial score (nSPS) is 34.0. The summed E-state index contributed by atoms with van der Waals surface area (Å²) < 4.78 is 0. The Bertz CT molecular complexity index is 835. The summed E-state index contributed by atoms with van der Waals surface area (Å²) in [4.78, 5) is 50.8. The molecule has 4 saturated carbocycles. The molecule has 6 nitrogen and oxygen atoms in total. The molecule has 1 aromatic rings. The average molecular weight is 437 g/mol. The highest BCUT2D eigenvalue weighted by atomic mass is 16.2. The minimum Gasteiger partial charge on any atom is -0.324 e. The van der Waals surface area contributed by atoms with Gasteiger partial charge in [-0.15, -0.1) is 0 Å². The lowest BCUT2D eigenvalue weighted by Crippen LogP contribution is -2.41. The Morgan fingerprint density at radius 1 is 0.625 bits per heavy atom. The van der Waals surface area contributed by atoms with Gasteiger partial charge in [-0.2, -0.15) is 0 Å². The second kappa shape index (κ2) is 8.80. The van der Waals surface area contributed by atoms with Gasteiger partial charge in [0.2, 0.25) is 11.8 Å². The molecular weight excluding hydrogens is 404 g/mol. The van der Waals surface area contributed by atoms with Gasteiger partial charge in [0.05, 0.1) is 11.4 Å². The van der Waals surface area contributed by atoms with E-state index >= 15 is 0 Å². The Morgan fingerprint density at radius 2 is 0.969 bits per heavy atom. The van der Waals surface area contributed by atoms with Crippen molar-refractivity contribution in [1.82, 2.24) is 0 Å². The van der Waals surface area contributed by atoms with E-state index in [1.54, 1.807) is 12.1 Å². The zero-order valence-corrected chi connectivity index (χ0v) is 18.5. The number of hydrogen-bond acceptors (Lipinski definition) is 4. The van der Waals surface area contributed by atoms with E-state index in [1.165, 1.54) is 0 Å². The number of amides is 2. The summed E-state index contributed by atoms with van der Waals surface area (Å²) in [5.41, 5.74) is 1.19. The van der Waals surface area contributed by atoms with Gasteiger partial charge in [-0.25, -0.2) is 0 Å². The first-order valence-corrected chi connectivity index (χ1v) is 12.3. The molecule has 4 bridgehead atoms. The van der Waals surface area contributed by atoms with Gasteiger partial charge in [0.25, 0.3) is 0 Å². The topological polar surface area (TPSA) is 92.3 Å². The summed E-state index contributed by atoms with van der Waals surface area (Å²) in [6.07, 6.45) is 8.30. The monoisotopic (exact) mass is 436 g/mol. The quantitative estimate of drug-likeness (QED) is 0.734. The van der Waals surface area contributed by atoms with Crippen molar-refractivity contribution >= 4 is 34.8 Å². The molecule has 32 heavy (non-hydrogen) atoms. The molecule has 2 N–H and O–H groups in total. The number of para-hydroxylation sites is 2. The number of hydrogen-bond donors (Lipinski definition) is 2. The molecular formula is C26H32N2O4. The molecule has 0 aromatic heterocycles. The van der Waals surface area contributed by atoms with E-state index < -0.39 is 0 Å². The summed E-state index contributed by atoms with van der Waals surface area (Å²) in [5, 5.41) is 6.04. The SMILES string of the molecule is O=C(Nc1ccccc1NC(=O)C1CC2CCCC(C1)C2=O)C1CC2CCCC(C1)C2=O. The molecule has 1 aromatic carbocycles. The second-order valence-electron chi connectivity index (χ2n) is 10.3. The standard InChI is InChI=1S/C26H32N2O4/c29-23-15-5-3-6-16(23)12-19(11-15)25(31)27-21-9-1-2-10-22(21)28-26(32)20-13-17-7-4-8-18(14-20)24(17)30/h1-2,9-10,15-20H,3-8,11-14H2,(H,27,31)(H,28,32). The molecule has 0 radical (unpaired) electrons. The van der Waals surface area contributed by atoms with Crippen LogP contribution in [0.15, 0.2) is 24.3 Å². The number of anilines is 2. The number of ketones is 2. The molecule has 6 heteroatoms. The van der Waals surface area contributed by atoms with E-state index in [1.807, 2.05) is 12.1 Å². The van der Waals surface area contributed by atoms with Gasteiger partial charge in [-0.05, 0) is 63.5 Å². The zero-order valence-electron chi connectivity index (χ0n) is 18.5. The van der Waals surface area contributed by atoms with Crippen molar-refractivity contribution in [3.05, 3.63) is 24.3 Å². The van der Waals surface area contributed by atoms with E-state index in [0.717, 1.165) is 38.5 Å². The Morgan fingerprint density at radius 3 is 1.31 bits per heavy atom. The number of nitrogens with one attached hydrogen (secondary N) is 2. The summed E-state index contributed by atoms with van der Waals surface area (Å²) in [6.45, 7) is 0. The number of fused-ring (bicyclic) bond motifs is 4. The summed E-state index contributed by atoms with van der Waals surface area (Å²) in [6, 6.07) is 7.30. The highest BCUT2D eigenvalue weighted by molar-refractivity contribution is 6.02. The fraction of sp³-hybridized carbons (Fsp3) is 0.615. The van der Waals surface area contributed by atoms with E-state index in [9.17, 15) is 19.2 Å². The van der Waals surface area contributed by atoms with Crippen molar-refractivity contribution in [3.63, 3.8) is 0 Å². The van der Waals surface area contributed by atoms with Crippen LogP contribution in [0.25, 0.3) is 0 Å². The van der Waals surface area contributed by atoms with Gasteiger partial charge in [0.15, 0.2) is 0 Å². The smallest absolute Gasteiger partial charge is 0.227 e. The molecule has 4 aliphatic rings. The van der Waals surface area contributed by atoms with Gasteiger partial charge in [-0.3, -0.25) is 19.2 Å². The van der Waals surface area contributed by atoms with E-state index in [-0.39, 0.29) is 47.3 Å². The minimum atomic E-state index is -0.157. The van der Waals surface area contributed by atoms with Crippen molar-refractivity contribution in [2.24, 2.45) is 35.5 Å². The van der Waals surface area contributed by atoms with Crippen LogP contribution in [0.5, 0.6) is 0 Å². The van der Waals surface area contributed by atoms with Crippen molar-refractivity contribution < 1.29 is 19.2 Å². The molecule has 4 atom stereocenters. The average Bonchev–Trinajstić information content (AvgIpc) is 2.74. The molecule has 0 spiro atoms. The fourth-order valence-corrected chi connectivity index (χ4v) is 6.56. The van der Waals surface area contributed by atoms with Crippen LogP contribution in [-0.4, -0.2) is 23.4 Å². The second-order valence-corrected chi connectivity index (χ2v) is 10.3. The first-order chi connectivity index (χ1) is 15.5. The Labute approximate surface area is 188 Å². The lowest BCUT2D eigenvalue weighted by Gasteiger charge is -2.37. The lowest BCUT2D eigenvalue weighted by molar-refractivity contribution is -0.137. The maximum Gasteiger partial charge on any atom is 0.227 e. The van der Waals surface area contributed by atoms with Crippen LogP contribution in [0.1, 0.15) is 64.2 Å². The summed E-state index contributed by atoms with van der Waals surface area (Å²) in [7, 11) is 0. The maximum absolute atomic E-state index is 13.0. The van der Waals surface area contributed by atoms with Crippen molar-refractivity contribution in [3.8, 4) is 0 Å². The molecule has 5 rings (SSSR count). The Hall–Kier alpha value is -2.50. The molecule has 170 valence electrons.